The first-order chi connectivity index (χ1) is 16.5. The number of methoxy groups -OCH3 is 1. The van der Waals surface area contributed by atoms with Gasteiger partial charge in [0.05, 0.1) is 17.9 Å². The van der Waals surface area contributed by atoms with E-state index in [2.05, 4.69) is 0 Å². The van der Waals surface area contributed by atoms with Crippen molar-refractivity contribution < 1.29 is 33.7 Å². The van der Waals surface area contributed by atoms with Gasteiger partial charge in [0.2, 0.25) is 0 Å². The summed E-state index contributed by atoms with van der Waals surface area (Å²) in [5.74, 6) is -1.78. The molecule has 0 radical (unpaired) electrons. The highest BCUT2D eigenvalue weighted by Crippen LogP contribution is 2.53. The summed E-state index contributed by atoms with van der Waals surface area (Å²) in [6.07, 6.45) is 0. The van der Waals surface area contributed by atoms with Crippen LogP contribution in [-0.4, -0.2) is 67.6 Å². The molecule has 1 N–H and O–H groups in total. The largest absolute Gasteiger partial charge is 0.507 e. The molecule has 0 saturated carbocycles. The summed E-state index contributed by atoms with van der Waals surface area (Å²) >= 11 is 0. The fraction of sp³-hybridized carbons (Fsp3) is 0.320. The Morgan fingerprint density at radius 1 is 1.09 bits per heavy atom. The number of rotatable bonds is 5. The van der Waals surface area contributed by atoms with Gasteiger partial charge in [0.1, 0.15) is 19.0 Å². The number of amides is 2. The second-order valence-corrected chi connectivity index (χ2v) is 8.14. The lowest BCUT2D eigenvalue weighted by atomic mass is 9.82. The van der Waals surface area contributed by atoms with E-state index >= 15 is 0 Å². The van der Waals surface area contributed by atoms with Gasteiger partial charge < -0.3 is 29.1 Å². The summed E-state index contributed by atoms with van der Waals surface area (Å²) in [7, 11) is 1.47. The number of hydrogen-bond donors (Lipinski definition) is 1. The van der Waals surface area contributed by atoms with Crippen molar-refractivity contribution >= 4 is 29.0 Å². The van der Waals surface area contributed by atoms with Crippen LogP contribution in [0.5, 0.6) is 11.5 Å². The topological polar surface area (TPSA) is 106 Å². The molecule has 1 atom stereocenters. The van der Waals surface area contributed by atoms with Gasteiger partial charge in [-0.15, -0.1) is 0 Å². The molecule has 2 aromatic carbocycles. The molecule has 0 aliphatic carbocycles. The van der Waals surface area contributed by atoms with Gasteiger partial charge in [0.15, 0.2) is 17.0 Å². The van der Waals surface area contributed by atoms with Crippen LogP contribution in [0.3, 0.4) is 0 Å². The second kappa shape index (κ2) is 8.18. The second-order valence-electron chi connectivity index (χ2n) is 8.14. The van der Waals surface area contributed by atoms with Gasteiger partial charge >= 0.3 is 0 Å². The Labute approximate surface area is 196 Å². The van der Waals surface area contributed by atoms with Crippen molar-refractivity contribution in [2.75, 3.05) is 44.9 Å². The molecule has 3 heterocycles. The molecular weight excluding hydrogens is 440 g/mol. The minimum Gasteiger partial charge on any atom is -0.507 e. The Hall–Kier alpha value is -3.85. The summed E-state index contributed by atoms with van der Waals surface area (Å²) in [6.45, 7) is 3.00. The molecular formula is C25H24N2O7. The first-order valence-electron chi connectivity index (χ1n) is 11.1. The molecule has 1 saturated heterocycles. The molecule has 5 rings (SSSR count). The van der Waals surface area contributed by atoms with Crippen molar-refractivity contribution in [2.45, 2.75) is 12.5 Å². The Morgan fingerprint density at radius 3 is 2.56 bits per heavy atom. The number of Topliss-reactive ketones (excluding diaryl/α,β-unsaturated/α-hetero) is 1. The van der Waals surface area contributed by atoms with Gasteiger partial charge in [-0.25, -0.2) is 0 Å². The number of benzene rings is 2. The van der Waals surface area contributed by atoms with Crippen molar-refractivity contribution in [1.82, 2.24) is 4.90 Å². The van der Waals surface area contributed by atoms with E-state index in [9.17, 15) is 19.5 Å². The molecule has 2 amide bonds. The SMILES string of the molecule is CCN1C(=O)C2(C(=C(O)c3ccc4c(c3)OCCO4)C(=O)C(=O)N2CCOC)c2ccccc21. The molecule has 9 heteroatoms. The zero-order valence-corrected chi connectivity index (χ0v) is 18.9. The van der Waals surface area contributed by atoms with E-state index in [1.165, 1.54) is 16.9 Å². The van der Waals surface area contributed by atoms with Crippen molar-refractivity contribution in [2.24, 2.45) is 0 Å². The molecule has 176 valence electrons. The highest BCUT2D eigenvalue weighted by atomic mass is 16.6. The number of ketones is 1. The molecule has 1 unspecified atom stereocenters. The maximum atomic E-state index is 14.0. The summed E-state index contributed by atoms with van der Waals surface area (Å²) < 4.78 is 16.3. The quantitative estimate of drug-likeness (QED) is 0.410. The van der Waals surface area contributed by atoms with Gasteiger partial charge in [-0.2, -0.15) is 0 Å². The average molecular weight is 464 g/mol. The Morgan fingerprint density at radius 2 is 1.82 bits per heavy atom. The van der Waals surface area contributed by atoms with E-state index in [0.29, 0.717) is 42.5 Å². The van der Waals surface area contributed by atoms with Gasteiger partial charge in [0.25, 0.3) is 17.6 Å². The monoisotopic (exact) mass is 464 g/mol. The Balaban J connectivity index is 1.79. The van der Waals surface area contributed by atoms with Crippen molar-refractivity contribution in [1.29, 1.82) is 0 Å². The van der Waals surface area contributed by atoms with E-state index in [1.54, 1.807) is 42.5 Å². The van der Waals surface area contributed by atoms with Crippen LogP contribution in [0.25, 0.3) is 5.76 Å². The number of carbonyl (C=O) groups is 3. The van der Waals surface area contributed by atoms with Crippen LogP contribution in [0.1, 0.15) is 18.1 Å². The number of likely N-dealkylation sites (N-methyl/N-ethyl adjacent to an activating group) is 1. The molecule has 0 aromatic heterocycles. The summed E-state index contributed by atoms with van der Waals surface area (Å²) in [6, 6.07) is 11.8. The zero-order valence-electron chi connectivity index (χ0n) is 18.9. The number of nitrogens with zero attached hydrogens (tertiary/aromatic N) is 2. The predicted molar refractivity (Wildman–Crippen MR) is 122 cm³/mol. The maximum Gasteiger partial charge on any atom is 0.296 e. The Kier molecular flexibility index (Phi) is 5.28. The van der Waals surface area contributed by atoms with E-state index in [0.717, 1.165) is 0 Å². The predicted octanol–water partition coefficient (Wildman–Crippen LogP) is 2.05. The van der Waals surface area contributed by atoms with Crippen LogP contribution in [-0.2, 0) is 24.7 Å². The number of para-hydroxylation sites is 1. The highest BCUT2D eigenvalue weighted by molar-refractivity contribution is 6.50. The number of ether oxygens (including phenoxy) is 3. The van der Waals surface area contributed by atoms with Crippen LogP contribution in [0, 0.1) is 0 Å². The molecule has 2 aromatic rings. The average Bonchev–Trinajstić information content (AvgIpc) is 3.24. The van der Waals surface area contributed by atoms with Crippen LogP contribution < -0.4 is 14.4 Å². The fourth-order valence-electron chi connectivity index (χ4n) is 5.00. The van der Waals surface area contributed by atoms with Gasteiger partial charge in [0, 0.05) is 31.3 Å². The fourth-order valence-corrected chi connectivity index (χ4v) is 5.00. The van der Waals surface area contributed by atoms with Gasteiger partial charge in [-0.3, -0.25) is 14.4 Å². The van der Waals surface area contributed by atoms with Gasteiger partial charge in [-0.05, 0) is 31.2 Å². The van der Waals surface area contributed by atoms with Crippen molar-refractivity contribution in [3.05, 3.63) is 59.2 Å². The maximum absolute atomic E-state index is 14.0. The minimum atomic E-state index is -1.79. The lowest BCUT2D eigenvalue weighted by molar-refractivity contribution is -0.144. The molecule has 3 aliphatic heterocycles. The number of carbonyl (C=O) groups excluding carboxylic acids is 3. The molecule has 9 nitrogen and oxygen atoms in total. The van der Waals surface area contributed by atoms with E-state index in [1.807, 2.05) is 6.92 Å². The molecule has 3 aliphatic rings. The third-order valence-corrected chi connectivity index (χ3v) is 6.46. The standard InChI is InChI=1S/C25H24N2O7/c1-3-26-17-7-5-4-6-16(17)25(24(26)31)20(22(29)23(30)27(25)10-11-32-2)21(28)15-8-9-18-19(14-15)34-13-12-33-18/h4-9,14,28H,3,10-13H2,1-2H3. The number of anilines is 1. The first-order valence-corrected chi connectivity index (χ1v) is 11.1. The van der Waals surface area contributed by atoms with Crippen LogP contribution in [0.15, 0.2) is 48.0 Å². The number of likely N-dealkylation sites (tertiary alicyclic amines) is 1. The van der Waals surface area contributed by atoms with Crippen molar-refractivity contribution in [3.63, 3.8) is 0 Å². The van der Waals surface area contributed by atoms with Crippen LogP contribution >= 0.6 is 0 Å². The van der Waals surface area contributed by atoms with Crippen LogP contribution in [0.2, 0.25) is 0 Å². The number of aliphatic hydroxyl groups is 1. The van der Waals surface area contributed by atoms with E-state index in [4.69, 9.17) is 14.2 Å². The molecule has 1 spiro atoms. The number of fused-ring (bicyclic) bond motifs is 3. The van der Waals surface area contributed by atoms with E-state index < -0.39 is 28.9 Å². The summed E-state index contributed by atoms with van der Waals surface area (Å²) in [5.41, 5.74) is -0.757. The summed E-state index contributed by atoms with van der Waals surface area (Å²) in [4.78, 5) is 43.4. The number of aliphatic hydroxyl groups excluding tert-OH is 1. The minimum absolute atomic E-state index is 0.00335. The molecule has 1 fully saturated rings. The highest BCUT2D eigenvalue weighted by Gasteiger charge is 2.66. The van der Waals surface area contributed by atoms with Crippen molar-refractivity contribution in [3.8, 4) is 11.5 Å². The first kappa shape index (κ1) is 22.0. The zero-order chi connectivity index (χ0) is 24.0. The lowest BCUT2D eigenvalue weighted by Gasteiger charge is -2.34. The lowest BCUT2D eigenvalue weighted by Crippen LogP contribution is -2.52. The normalized spacial score (nSPS) is 22.6. The smallest absolute Gasteiger partial charge is 0.296 e. The van der Waals surface area contributed by atoms with Gasteiger partial charge in [-0.1, -0.05) is 18.2 Å². The van der Waals surface area contributed by atoms with E-state index in [-0.39, 0.29) is 24.3 Å². The molecule has 0 bridgehead atoms. The third kappa shape index (κ3) is 2.86. The number of hydrogen-bond acceptors (Lipinski definition) is 7. The molecule has 34 heavy (non-hydrogen) atoms. The summed E-state index contributed by atoms with van der Waals surface area (Å²) in [5, 5.41) is 11.5. The third-order valence-electron chi connectivity index (χ3n) is 6.46. The van der Waals surface area contributed by atoms with Crippen LogP contribution in [0.4, 0.5) is 5.69 Å². The Bertz CT molecular complexity index is 1240.